The van der Waals surface area contributed by atoms with E-state index >= 15 is 0 Å². The highest BCUT2D eigenvalue weighted by Crippen LogP contribution is 2.36. The first-order valence-electron chi connectivity index (χ1n) is 11.6. The average Bonchev–Trinajstić information content (AvgIpc) is 2.90. The maximum absolute atomic E-state index is 5.12. The van der Waals surface area contributed by atoms with Crippen LogP contribution in [-0.2, 0) is 0 Å². The topological polar surface area (TPSA) is 25.2 Å². The van der Waals surface area contributed by atoms with Gasteiger partial charge in [-0.1, -0.05) is 109 Å². The lowest BCUT2D eigenvalue weighted by atomic mass is 10.1. The van der Waals surface area contributed by atoms with Crippen LogP contribution >= 0.6 is 7.92 Å². The lowest BCUT2D eigenvalue weighted by Gasteiger charge is -2.24. The van der Waals surface area contributed by atoms with Crippen molar-refractivity contribution in [1.29, 1.82) is 0 Å². The first kappa shape index (κ1) is 22.2. The molecule has 0 amide bonds. The Morgan fingerprint density at radius 2 is 1.26 bits per heavy atom. The zero-order chi connectivity index (χ0) is 23.3. The standard InChI is InChI=1S/C31H27N2P/c1-23(32-24(2)29-22-21-25-13-9-11-19-30(25)33-29)28-18-10-12-20-31(28)34(26-14-5-3-6-15-26)27-16-7-4-8-17-27/h3-23H,1-2H3/t23-/m0/s1. The van der Waals surface area contributed by atoms with Crippen LogP contribution in [-0.4, -0.2) is 10.7 Å². The Kier molecular flexibility index (Phi) is 6.60. The monoisotopic (exact) mass is 458 g/mol. The van der Waals surface area contributed by atoms with Gasteiger partial charge in [0.2, 0.25) is 0 Å². The van der Waals surface area contributed by atoms with E-state index in [4.69, 9.17) is 9.98 Å². The van der Waals surface area contributed by atoms with E-state index in [0.29, 0.717) is 0 Å². The van der Waals surface area contributed by atoms with Crippen LogP contribution in [0.1, 0.15) is 31.1 Å². The zero-order valence-corrected chi connectivity index (χ0v) is 20.4. The highest BCUT2D eigenvalue weighted by atomic mass is 31.1. The van der Waals surface area contributed by atoms with Gasteiger partial charge in [0.1, 0.15) is 0 Å². The summed E-state index contributed by atoms with van der Waals surface area (Å²) in [7, 11) is -0.687. The summed E-state index contributed by atoms with van der Waals surface area (Å²) >= 11 is 0. The molecule has 1 aromatic heterocycles. The van der Waals surface area contributed by atoms with E-state index in [2.05, 4.69) is 123 Å². The van der Waals surface area contributed by atoms with E-state index in [1.165, 1.54) is 21.5 Å². The molecule has 0 saturated heterocycles. The van der Waals surface area contributed by atoms with Crippen LogP contribution in [0.2, 0.25) is 0 Å². The van der Waals surface area contributed by atoms with Crippen LogP contribution in [0, 0.1) is 0 Å². The molecule has 1 heterocycles. The average molecular weight is 459 g/mol. The minimum Gasteiger partial charge on any atom is -0.280 e. The van der Waals surface area contributed by atoms with E-state index in [9.17, 15) is 0 Å². The quantitative estimate of drug-likeness (QED) is 0.209. The number of fused-ring (bicyclic) bond motifs is 1. The Morgan fingerprint density at radius 1 is 0.676 bits per heavy atom. The van der Waals surface area contributed by atoms with Gasteiger partial charge in [0.15, 0.2) is 0 Å². The second kappa shape index (κ2) is 10.1. The molecule has 0 radical (unpaired) electrons. The van der Waals surface area contributed by atoms with Gasteiger partial charge in [-0.25, -0.2) is 4.98 Å². The third-order valence-corrected chi connectivity index (χ3v) is 8.53. The van der Waals surface area contributed by atoms with Gasteiger partial charge >= 0.3 is 0 Å². The summed E-state index contributed by atoms with van der Waals surface area (Å²) in [6, 6.07) is 42.9. The number of rotatable bonds is 6. The smallest absolute Gasteiger partial charge is 0.0845 e. The summed E-state index contributed by atoms with van der Waals surface area (Å²) in [6.45, 7) is 4.25. The Balaban J connectivity index is 1.56. The van der Waals surface area contributed by atoms with Gasteiger partial charge in [0.25, 0.3) is 0 Å². The molecule has 4 aromatic carbocycles. The van der Waals surface area contributed by atoms with E-state index in [1.54, 1.807) is 0 Å². The molecule has 0 unspecified atom stereocenters. The molecule has 0 aliphatic heterocycles. The molecule has 166 valence electrons. The second-order valence-corrected chi connectivity index (χ2v) is 10.5. The Labute approximate surface area is 202 Å². The number of pyridine rings is 1. The number of aromatic nitrogens is 1. The molecule has 0 N–H and O–H groups in total. The predicted octanol–water partition coefficient (Wildman–Crippen LogP) is 6.56. The van der Waals surface area contributed by atoms with Gasteiger partial charge in [0.05, 0.1) is 23.0 Å². The van der Waals surface area contributed by atoms with E-state index in [-0.39, 0.29) is 6.04 Å². The fraction of sp³-hybridized carbons (Fsp3) is 0.0968. The number of hydrogen-bond donors (Lipinski definition) is 0. The molecule has 2 nitrogen and oxygen atoms in total. The molecular weight excluding hydrogens is 431 g/mol. The molecular formula is C31H27N2P. The number of nitrogens with zero attached hydrogens (tertiary/aromatic N) is 2. The molecule has 0 spiro atoms. The van der Waals surface area contributed by atoms with Crippen molar-refractivity contribution >= 4 is 40.4 Å². The largest absolute Gasteiger partial charge is 0.280 e. The first-order valence-corrected chi connectivity index (χ1v) is 12.9. The van der Waals surface area contributed by atoms with E-state index in [1.807, 2.05) is 12.1 Å². The maximum atomic E-state index is 5.12. The number of aliphatic imine (C=N–C) groups is 1. The fourth-order valence-electron chi connectivity index (χ4n) is 4.32. The van der Waals surface area contributed by atoms with Crippen LogP contribution in [0.3, 0.4) is 0 Å². The van der Waals surface area contributed by atoms with Crippen molar-refractivity contribution < 1.29 is 0 Å². The van der Waals surface area contributed by atoms with Crippen LogP contribution in [0.4, 0.5) is 0 Å². The second-order valence-electron chi connectivity index (χ2n) is 8.35. The van der Waals surface area contributed by atoms with E-state index in [0.717, 1.165) is 22.3 Å². The normalized spacial score (nSPS) is 12.7. The summed E-state index contributed by atoms with van der Waals surface area (Å²) in [4.78, 5) is 9.97. The zero-order valence-electron chi connectivity index (χ0n) is 19.5. The van der Waals surface area contributed by atoms with Crippen molar-refractivity contribution in [3.63, 3.8) is 0 Å². The molecule has 3 heteroatoms. The Hall–Kier alpha value is -3.61. The van der Waals surface area contributed by atoms with Crippen molar-refractivity contribution in [2.75, 3.05) is 0 Å². The van der Waals surface area contributed by atoms with Crippen LogP contribution in [0.15, 0.2) is 126 Å². The molecule has 0 fully saturated rings. The number of hydrogen-bond acceptors (Lipinski definition) is 2. The summed E-state index contributed by atoms with van der Waals surface area (Å²) < 4.78 is 0. The van der Waals surface area contributed by atoms with Gasteiger partial charge in [0, 0.05) is 5.39 Å². The van der Waals surface area contributed by atoms with Crippen molar-refractivity contribution in [3.05, 3.63) is 133 Å². The van der Waals surface area contributed by atoms with Crippen LogP contribution < -0.4 is 15.9 Å². The molecule has 5 aromatic rings. The van der Waals surface area contributed by atoms with E-state index < -0.39 is 7.92 Å². The Morgan fingerprint density at radius 3 is 1.97 bits per heavy atom. The highest BCUT2D eigenvalue weighted by molar-refractivity contribution is 7.79. The summed E-state index contributed by atoms with van der Waals surface area (Å²) in [5, 5.41) is 5.19. The minimum absolute atomic E-state index is 0.0156. The van der Waals surface area contributed by atoms with Crippen molar-refractivity contribution in [2.45, 2.75) is 19.9 Å². The molecule has 34 heavy (non-hydrogen) atoms. The Bertz CT molecular complexity index is 1390. The maximum Gasteiger partial charge on any atom is 0.0845 e. The van der Waals surface area contributed by atoms with Gasteiger partial charge in [-0.15, -0.1) is 0 Å². The minimum atomic E-state index is -0.687. The van der Waals surface area contributed by atoms with Gasteiger partial charge in [-0.3, -0.25) is 4.99 Å². The van der Waals surface area contributed by atoms with Gasteiger partial charge in [-0.2, -0.15) is 0 Å². The van der Waals surface area contributed by atoms with Gasteiger partial charge in [-0.05, 0) is 55.4 Å². The van der Waals surface area contributed by atoms with Crippen molar-refractivity contribution in [3.8, 4) is 0 Å². The van der Waals surface area contributed by atoms with Crippen molar-refractivity contribution in [2.24, 2.45) is 4.99 Å². The predicted molar refractivity (Wildman–Crippen MR) is 148 cm³/mol. The lowest BCUT2D eigenvalue weighted by molar-refractivity contribution is 0.825. The SMILES string of the molecule is CC(=N[C@@H](C)c1ccccc1P(c1ccccc1)c1ccccc1)c1ccc2ccccc2n1. The number of benzene rings is 4. The fourth-order valence-corrected chi connectivity index (χ4v) is 6.87. The van der Waals surface area contributed by atoms with Crippen LogP contribution in [0.25, 0.3) is 10.9 Å². The molecule has 0 aliphatic rings. The third-order valence-electron chi connectivity index (χ3n) is 6.01. The lowest BCUT2D eigenvalue weighted by Crippen LogP contribution is -2.24. The third kappa shape index (κ3) is 4.69. The summed E-state index contributed by atoms with van der Waals surface area (Å²) in [5.74, 6) is 0. The molecule has 0 saturated carbocycles. The van der Waals surface area contributed by atoms with Gasteiger partial charge < -0.3 is 0 Å². The summed E-state index contributed by atoms with van der Waals surface area (Å²) in [6.07, 6.45) is 0. The number of para-hydroxylation sites is 1. The first-order chi connectivity index (χ1) is 16.7. The molecule has 0 bridgehead atoms. The van der Waals surface area contributed by atoms with Crippen molar-refractivity contribution in [1.82, 2.24) is 4.98 Å². The highest BCUT2D eigenvalue weighted by Gasteiger charge is 2.21. The molecule has 0 aliphatic carbocycles. The van der Waals surface area contributed by atoms with Crippen LogP contribution in [0.5, 0.6) is 0 Å². The molecule has 1 atom stereocenters. The molecule has 5 rings (SSSR count). The summed E-state index contributed by atoms with van der Waals surface area (Å²) in [5.41, 5.74) is 4.15.